The second kappa shape index (κ2) is 9.07. The third-order valence-corrected chi connectivity index (χ3v) is 6.54. The van der Waals surface area contributed by atoms with E-state index in [4.69, 9.17) is 4.74 Å². The summed E-state index contributed by atoms with van der Waals surface area (Å²) in [5.74, 6) is -0.169. The highest BCUT2D eigenvalue weighted by molar-refractivity contribution is 6.24. The fourth-order valence-corrected chi connectivity index (χ4v) is 4.75. The van der Waals surface area contributed by atoms with Crippen LogP contribution in [-0.4, -0.2) is 29.6 Å². The number of rotatable bonds is 6. The van der Waals surface area contributed by atoms with Crippen LogP contribution in [0.5, 0.6) is 5.75 Å². The van der Waals surface area contributed by atoms with E-state index < -0.39 is 17.4 Å². The molecule has 168 valence electrons. The molecule has 0 bridgehead atoms. The molecule has 2 aromatic rings. The van der Waals surface area contributed by atoms with Crippen molar-refractivity contribution >= 4 is 17.5 Å². The topological polar surface area (TPSA) is 87.7 Å². The molecule has 2 aliphatic rings. The highest BCUT2D eigenvalue weighted by Crippen LogP contribution is 2.33. The maximum Gasteiger partial charge on any atom is 0.264 e. The van der Waals surface area contributed by atoms with E-state index in [0.29, 0.717) is 23.8 Å². The Morgan fingerprint density at radius 1 is 1.16 bits per heavy atom. The minimum absolute atomic E-state index is 0.244. The summed E-state index contributed by atoms with van der Waals surface area (Å²) in [5.41, 5.74) is 1.45. The Hall–Kier alpha value is -3.28. The fourth-order valence-electron chi connectivity index (χ4n) is 4.75. The van der Waals surface area contributed by atoms with Crippen LogP contribution in [0.3, 0.4) is 0 Å². The smallest absolute Gasteiger partial charge is 0.264 e. The van der Waals surface area contributed by atoms with Gasteiger partial charge in [-0.3, -0.25) is 9.59 Å². The monoisotopic (exact) mass is 434 g/mol. The maximum absolute atomic E-state index is 12.9. The molecule has 1 saturated carbocycles. The van der Waals surface area contributed by atoms with Gasteiger partial charge < -0.3 is 20.5 Å². The van der Waals surface area contributed by atoms with Gasteiger partial charge in [0.1, 0.15) is 17.1 Å². The molecule has 1 unspecified atom stereocenters. The summed E-state index contributed by atoms with van der Waals surface area (Å²) in [6, 6.07) is 15.2. The van der Waals surface area contributed by atoms with Crippen molar-refractivity contribution < 1.29 is 19.4 Å². The number of nitrogens with one attached hydrogen (secondary N) is 2. The molecular formula is C26H30N2O4. The van der Waals surface area contributed by atoms with Gasteiger partial charge in [-0.25, -0.2) is 0 Å². The molecule has 1 heterocycles. The number of carbonyl (C=O) groups excluding carboxylic acids is 2. The first-order valence-electron chi connectivity index (χ1n) is 11.2. The zero-order chi connectivity index (χ0) is 22.7. The molecular weight excluding hydrogens is 404 g/mol. The summed E-state index contributed by atoms with van der Waals surface area (Å²) in [7, 11) is 1.58. The normalized spacial score (nSPS) is 21.4. The van der Waals surface area contributed by atoms with Crippen LogP contribution in [0.1, 0.15) is 56.1 Å². The predicted molar refractivity (Wildman–Crippen MR) is 124 cm³/mol. The summed E-state index contributed by atoms with van der Waals surface area (Å²) in [4.78, 5) is 25.4. The van der Waals surface area contributed by atoms with Crippen LogP contribution in [0.2, 0.25) is 0 Å². The van der Waals surface area contributed by atoms with Crippen molar-refractivity contribution in [1.82, 2.24) is 5.32 Å². The number of carbonyl (C=O) groups is 2. The Kier molecular flexibility index (Phi) is 6.21. The minimum Gasteiger partial charge on any atom is -0.509 e. The predicted octanol–water partition coefficient (Wildman–Crippen LogP) is 4.62. The molecule has 1 aliphatic carbocycles. The summed E-state index contributed by atoms with van der Waals surface area (Å²) < 4.78 is 5.25. The Morgan fingerprint density at radius 2 is 1.88 bits per heavy atom. The van der Waals surface area contributed by atoms with E-state index in [9.17, 15) is 14.7 Å². The average Bonchev–Trinajstić information content (AvgIpc) is 3.02. The number of methoxy groups -OCH3 is 1. The summed E-state index contributed by atoms with van der Waals surface area (Å²) >= 11 is 0. The number of hydrogen-bond donors (Lipinski definition) is 3. The van der Waals surface area contributed by atoms with Crippen LogP contribution in [0.4, 0.5) is 5.69 Å². The number of aliphatic hydroxyl groups excluding tert-OH is 1. The van der Waals surface area contributed by atoms with Gasteiger partial charge in [-0.1, -0.05) is 43.5 Å². The minimum atomic E-state index is -1.07. The van der Waals surface area contributed by atoms with E-state index in [2.05, 4.69) is 10.6 Å². The number of amides is 2. The first kappa shape index (κ1) is 21.9. The van der Waals surface area contributed by atoms with Crippen molar-refractivity contribution in [3.8, 4) is 5.75 Å². The molecule has 0 radical (unpaired) electrons. The molecule has 0 aromatic heterocycles. The second-order valence-corrected chi connectivity index (χ2v) is 8.95. The zero-order valence-corrected chi connectivity index (χ0v) is 18.6. The standard InChI is InChI=1S/C26H30N2O4/c1-26(16-17-7-6-10-21(15-17)32-2)23(29)22(25(31)28-26)24(30)27-20-13-11-19(12-14-20)18-8-4-3-5-9-18/h6-7,10-15,18,29H,3-5,8-9,16H2,1-2H3,(H,27,30)(H,28,31). The molecule has 1 fully saturated rings. The van der Waals surface area contributed by atoms with Crippen LogP contribution in [0.15, 0.2) is 59.9 Å². The van der Waals surface area contributed by atoms with E-state index in [1.54, 1.807) is 14.0 Å². The molecule has 2 aromatic carbocycles. The van der Waals surface area contributed by atoms with Gasteiger partial charge in [0.15, 0.2) is 0 Å². The van der Waals surface area contributed by atoms with Gasteiger partial charge in [-0.2, -0.15) is 0 Å². The maximum atomic E-state index is 12.9. The molecule has 3 N–H and O–H groups in total. The number of hydrogen-bond acceptors (Lipinski definition) is 4. The molecule has 6 nitrogen and oxygen atoms in total. The van der Waals surface area contributed by atoms with Crippen molar-refractivity contribution in [2.75, 3.05) is 12.4 Å². The number of benzene rings is 2. The van der Waals surface area contributed by atoms with Gasteiger partial charge in [0.2, 0.25) is 0 Å². The van der Waals surface area contributed by atoms with Gasteiger partial charge in [0.25, 0.3) is 11.8 Å². The quantitative estimate of drug-likeness (QED) is 0.579. The van der Waals surface area contributed by atoms with Crippen LogP contribution in [0.25, 0.3) is 0 Å². The van der Waals surface area contributed by atoms with Gasteiger partial charge >= 0.3 is 0 Å². The van der Waals surface area contributed by atoms with E-state index in [0.717, 1.165) is 5.56 Å². The molecule has 1 aliphatic heterocycles. The lowest BCUT2D eigenvalue weighted by atomic mass is 9.84. The lowest BCUT2D eigenvalue weighted by Crippen LogP contribution is -2.43. The summed E-state index contributed by atoms with van der Waals surface area (Å²) in [6.45, 7) is 1.71. The van der Waals surface area contributed by atoms with Gasteiger partial charge in [-0.05, 0) is 61.1 Å². The first-order valence-corrected chi connectivity index (χ1v) is 11.2. The summed E-state index contributed by atoms with van der Waals surface area (Å²) in [6.07, 6.45) is 6.58. The van der Waals surface area contributed by atoms with Crippen LogP contribution < -0.4 is 15.4 Å². The third-order valence-electron chi connectivity index (χ3n) is 6.54. The number of anilines is 1. The van der Waals surface area contributed by atoms with Crippen LogP contribution >= 0.6 is 0 Å². The first-order chi connectivity index (χ1) is 15.4. The molecule has 2 amide bonds. The van der Waals surface area contributed by atoms with Gasteiger partial charge in [0.05, 0.1) is 12.6 Å². The van der Waals surface area contributed by atoms with E-state index in [1.807, 2.05) is 48.5 Å². The lowest BCUT2D eigenvalue weighted by molar-refractivity contribution is -0.121. The van der Waals surface area contributed by atoms with Crippen molar-refractivity contribution in [2.45, 2.75) is 56.9 Å². The fraction of sp³-hybridized carbons (Fsp3) is 0.385. The van der Waals surface area contributed by atoms with Crippen LogP contribution in [0, 0.1) is 0 Å². The molecule has 4 rings (SSSR count). The van der Waals surface area contributed by atoms with E-state index in [-0.39, 0.29) is 11.3 Å². The molecule has 32 heavy (non-hydrogen) atoms. The van der Waals surface area contributed by atoms with Crippen molar-refractivity contribution in [2.24, 2.45) is 0 Å². The van der Waals surface area contributed by atoms with Crippen LogP contribution in [-0.2, 0) is 16.0 Å². The molecule has 0 spiro atoms. The SMILES string of the molecule is COc1cccc(CC2(C)NC(=O)C(C(=O)Nc3ccc(C4CCCCC4)cc3)=C2O)c1. The number of ether oxygens (including phenoxy) is 1. The lowest BCUT2D eigenvalue weighted by Gasteiger charge is -2.25. The highest BCUT2D eigenvalue weighted by atomic mass is 16.5. The van der Waals surface area contributed by atoms with Crippen molar-refractivity contribution in [1.29, 1.82) is 0 Å². The summed E-state index contributed by atoms with van der Waals surface area (Å²) in [5, 5.41) is 16.4. The van der Waals surface area contributed by atoms with Gasteiger partial charge in [-0.15, -0.1) is 0 Å². The second-order valence-electron chi connectivity index (χ2n) is 8.95. The molecule has 1 atom stereocenters. The van der Waals surface area contributed by atoms with E-state index >= 15 is 0 Å². The average molecular weight is 435 g/mol. The van der Waals surface area contributed by atoms with Crippen molar-refractivity contribution in [3.63, 3.8) is 0 Å². The Balaban J connectivity index is 1.48. The zero-order valence-electron chi connectivity index (χ0n) is 18.6. The number of aliphatic hydroxyl groups is 1. The van der Waals surface area contributed by atoms with Crippen molar-refractivity contribution in [3.05, 3.63) is 71.0 Å². The highest BCUT2D eigenvalue weighted by Gasteiger charge is 2.44. The van der Waals surface area contributed by atoms with E-state index in [1.165, 1.54) is 37.7 Å². The Bertz CT molecular complexity index is 1040. The third kappa shape index (κ3) is 4.49. The van der Waals surface area contributed by atoms with Gasteiger partial charge in [0, 0.05) is 12.1 Å². The molecule has 6 heteroatoms. The molecule has 0 saturated heterocycles. The largest absolute Gasteiger partial charge is 0.509 e. The Morgan fingerprint density at radius 3 is 2.56 bits per heavy atom. The Labute approximate surface area is 188 Å².